The Hall–Kier alpha value is -2.61. The monoisotopic (exact) mass is 475 g/mol. The minimum atomic E-state index is -4.43. The zero-order valence-electron chi connectivity index (χ0n) is 19.9. The van der Waals surface area contributed by atoms with Gasteiger partial charge in [-0.2, -0.15) is 13.2 Å². The van der Waals surface area contributed by atoms with E-state index in [1.165, 1.54) is 17.8 Å². The summed E-state index contributed by atoms with van der Waals surface area (Å²) in [5, 5.41) is 3.36. The third-order valence-corrected chi connectivity index (χ3v) is 6.42. The topological polar surface area (TPSA) is 54.5 Å². The van der Waals surface area contributed by atoms with E-state index in [9.17, 15) is 18.0 Å². The average molecular weight is 476 g/mol. The number of aromatic nitrogens is 1. The maximum Gasteiger partial charge on any atom is 0.433 e. The summed E-state index contributed by atoms with van der Waals surface area (Å²) in [4.78, 5) is 18.5. The number of pyridine rings is 1. The molecule has 184 valence electrons. The van der Waals surface area contributed by atoms with Crippen LogP contribution >= 0.6 is 0 Å². The molecule has 0 radical (unpaired) electrons. The highest BCUT2D eigenvalue weighted by molar-refractivity contribution is 5.69. The van der Waals surface area contributed by atoms with E-state index < -0.39 is 17.5 Å². The van der Waals surface area contributed by atoms with Crippen molar-refractivity contribution in [3.63, 3.8) is 0 Å². The second-order valence-corrected chi connectivity index (χ2v) is 10.6. The van der Waals surface area contributed by atoms with Crippen LogP contribution in [0, 0.1) is 5.41 Å². The van der Waals surface area contributed by atoms with Crippen molar-refractivity contribution in [1.29, 1.82) is 0 Å². The quantitative estimate of drug-likeness (QED) is 0.527. The molecule has 0 aliphatic heterocycles. The van der Waals surface area contributed by atoms with Crippen LogP contribution in [0.15, 0.2) is 48.7 Å². The standard InChI is InChI=1S/C26H32F3N3O2/c1-24(2,3)34-23(33)32(21-13-20(21)19-7-5-4-6-8-19)17-25(11-12-25)16-30-14-18-9-10-22(31-15-18)26(27,28)29/h4-10,15,20-21,30H,11-14,16-17H2,1-3H3. The van der Waals surface area contributed by atoms with Gasteiger partial charge >= 0.3 is 12.3 Å². The molecule has 1 aromatic heterocycles. The van der Waals surface area contributed by atoms with Crippen LogP contribution in [0.1, 0.15) is 62.8 Å². The second-order valence-electron chi connectivity index (χ2n) is 10.6. The zero-order chi connectivity index (χ0) is 24.6. The Morgan fingerprint density at radius 3 is 2.41 bits per heavy atom. The van der Waals surface area contributed by atoms with Crippen molar-refractivity contribution in [2.24, 2.45) is 5.41 Å². The molecule has 2 atom stereocenters. The molecule has 1 N–H and O–H groups in total. The number of carbonyl (C=O) groups is 1. The fraction of sp³-hybridized carbons (Fsp3) is 0.538. The van der Waals surface area contributed by atoms with Crippen LogP contribution in [0.25, 0.3) is 0 Å². The van der Waals surface area contributed by atoms with Crippen LogP contribution in [0.2, 0.25) is 0 Å². The molecular weight excluding hydrogens is 443 g/mol. The third kappa shape index (κ3) is 6.29. The van der Waals surface area contributed by atoms with Gasteiger partial charge in [0.25, 0.3) is 0 Å². The fourth-order valence-electron chi connectivity index (χ4n) is 4.32. The number of rotatable bonds is 8. The SMILES string of the molecule is CC(C)(C)OC(=O)N(CC1(CNCc2ccc(C(F)(F)F)nc2)CC1)C1CC1c1ccccc1. The van der Waals surface area contributed by atoms with Crippen molar-refractivity contribution in [2.45, 2.75) is 70.3 Å². The van der Waals surface area contributed by atoms with Crippen molar-refractivity contribution in [3.8, 4) is 0 Å². The van der Waals surface area contributed by atoms with Crippen LogP contribution in [-0.4, -0.2) is 40.7 Å². The van der Waals surface area contributed by atoms with Gasteiger partial charge in [0.2, 0.25) is 0 Å². The number of ether oxygens (including phenoxy) is 1. The predicted molar refractivity (Wildman–Crippen MR) is 123 cm³/mol. The second kappa shape index (κ2) is 9.21. The van der Waals surface area contributed by atoms with E-state index in [-0.39, 0.29) is 17.6 Å². The molecule has 5 nitrogen and oxygen atoms in total. The van der Waals surface area contributed by atoms with Gasteiger partial charge in [-0.25, -0.2) is 4.79 Å². The van der Waals surface area contributed by atoms with Crippen LogP contribution < -0.4 is 5.32 Å². The molecule has 2 fully saturated rings. The Labute approximate surface area is 198 Å². The summed E-state index contributed by atoms with van der Waals surface area (Å²) in [6.45, 7) is 7.32. The van der Waals surface area contributed by atoms with Crippen molar-refractivity contribution in [2.75, 3.05) is 13.1 Å². The lowest BCUT2D eigenvalue weighted by atomic mass is 10.1. The molecule has 0 spiro atoms. The highest BCUT2D eigenvalue weighted by Gasteiger charge is 2.52. The van der Waals surface area contributed by atoms with E-state index >= 15 is 0 Å². The molecule has 2 saturated carbocycles. The molecule has 1 amide bonds. The van der Waals surface area contributed by atoms with Gasteiger partial charge in [-0.3, -0.25) is 4.98 Å². The number of hydrogen-bond acceptors (Lipinski definition) is 4. The molecule has 2 aliphatic carbocycles. The molecule has 2 unspecified atom stereocenters. The lowest BCUT2D eigenvalue weighted by molar-refractivity contribution is -0.141. The molecule has 4 rings (SSSR count). The highest BCUT2D eigenvalue weighted by atomic mass is 19.4. The Bertz CT molecular complexity index is 983. The fourth-order valence-corrected chi connectivity index (χ4v) is 4.32. The summed E-state index contributed by atoms with van der Waals surface area (Å²) in [6, 6.07) is 12.8. The molecule has 34 heavy (non-hydrogen) atoms. The minimum absolute atomic E-state index is 0.0416. The van der Waals surface area contributed by atoms with Crippen LogP contribution in [0.3, 0.4) is 0 Å². The van der Waals surface area contributed by atoms with Gasteiger partial charge < -0.3 is 15.0 Å². The molecule has 0 saturated heterocycles. The normalized spacial score (nSPS) is 21.1. The van der Waals surface area contributed by atoms with Crippen LogP contribution in [-0.2, 0) is 17.5 Å². The van der Waals surface area contributed by atoms with Gasteiger partial charge in [0.1, 0.15) is 11.3 Å². The third-order valence-electron chi connectivity index (χ3n) is 6.42. The number of alkyl halides is 3. The van der Waals surface area contributed by atoms with E-state index in [0.29, 0.717) is 31.1 Å². The van der Waals surface area contributed by atoms with Gasteiger partial charge in [-0.15, -0.1) is 0 Å². The Morgan fingerprint density at radius 1 is 1.15 bits per heavy atom. The van der Waals surface area contributed by atoms with Gasteiger partial charge in [-0.05, 0) is 57.2 Å². The van der Waals surface area contributed by atoms with Gasteiger partial charge in [0.05, 0.1) is 0 Å². The molecule has 1 heterocycles. The zero-order valence-corrected chi connectivity index (χ0v) is 19.9. The maximum atomic E-state index is 13.1. The number of hydrogen-bond donors (Lipinski definition) is 1. The summed E-state index contributed by atoms with van der Waals surface area (Å²) in [5.74, 6) is 0.315. The largest absolute Gasteiger partial charge is 0.444 e. The van der Waals surface area contributed by atoms with E-state index in [2.05, 4.69) is 22.4 Å². The first kappa shape index (κ1) is 24.5. The van der Waals surface area contributed by atoms with Gasteiger partial charge in [0, 0.05) is 43.2 Å². The number of benzene rings is 1. The van der Waals surface area contributed by atoms with Gasteiger partial charge in [0.15, 0.2) is 0 Å². The first-order valence-corrected chi connectivity index (χ1v) is 11.7. The number of nitrogens with one attached hydrogen (secondary N) is 1. The van der Waals surface area contributed by atoms with Crippen LogP contribution in [0.5, 0.6) is 0 Å². The van der Waals surface area contributed by atoms with E-state index in [4.69, 9.17) is 4.74 Å². The first-order chi connectivity index (χ1) is 16.0. The van der Waals surface area contributed by atoms with Gasteiger partial charge in [-0.1, -0.05) is 36.4 Å². The Morgan fingerprint density at radius 2 is 1.85 bits per heavy atom. The molecular formula is C26H32F3N3O2. The number of amides is 1. The summed E-state index contributed by atoms with van der Waals surface area (Å²) in [7, 11) is 0. The Kier molecular flexibility index (Phi) is 6.64. The lowest BCUT2D eigenvalue weighted by Gasteiger charge is -2.31. The summed E-state index contributed by atoms with van der Waals surface area (Å²) in [6.07, 6.45) is -0.550. The van der Waals surface area contributed by atoms with Crippen molar-refractivity contribution in [3.05, 3.63) is 65.5 Å². The smallest absolute Gasteiger partial charge is 0.433 e. The van der Waals surface area contributed by atoms with E-state index in [1.807, 2.05) is 43.9 Å². The van der Waals surface area contributed by atoms with E-state index in [1.54, 1.807) is 0 Å². The molecule has 2 aromatic rings. The number of carbonyl (C=O) groups excluding carboxylic acids is 1. The van der Waals surface area contributed by atoms with Crippen LogP contribution in [0.4, 0.5) is 18.0 Å². The van der Waals surface area contributed by atoms with E-state index in [0.717, 1.165) is 25.3 Å². The molecule has 2 aliphatic rings. The summed E-state index contributed by atoms with van der Waals surface area (Å²) >= 11 is 0. The average Bonchev–Trinajstić information content (AvgIpc) is 3.67. The summed E-state index contributed by atoms with van der Waals surface area (Å²) in [5.41, 5.74) is 0.426. The number of nitrogens with zero attached hydrogens (tertiary/aromatic N) is 2. The van der Waals surface area contributed by atoms with Crippen molar-refractivity contribution in [1.82, 2.24) is 15.2 Å². The lowest BCUT2D eigenvalue weighted by Crippen LogP contribution is -2.44. The van der Waals surface area contributed by atoms with Crippen molar-refractivity contribution < 1.29 is 22.7 Å². The van der Waals surface area contributed by atoms with Crippen molar-refractivity contribution >= 4 is 6.09 Å². The minimum Gasteiger partial charge on any atom is -0.444 e. The Balaban J connectivity index is 1.37. The number of halogens is 3. The molecule has 0 bridgehead atoms. The summed E-state index contributed by atoms with van der Waals surface area (Å²) < 4.78 is 43.9. The maximum absolute atomic E-state index is 13.1. The first-order valence-electron chi connectivity index (χ1n) is 11.7. The molecule has 1 aromatic carbocycles. The predicted octanol–water partition coefficient (Wildman–Crippen LogP) is 5.76. The molecule has 8 heteroatoms. The highest BCUT2D eigenvalue weighted by Crippen LogP contribution is 2.51.